The van der Waals surface area contributed by atoms with Crippen molar-refractivity contribution < 1.29 is 5.11 Å². The molecule has 1 heterocycles. The normalized spacial score (nSPS) is 12.6. The number of aliphatic hydroxyl groups excluding tert-OH is 1. The van der Waals surface area contributed by atoms with E-state index in [1.54, 1.807) is 10.9 Å². The number of benzene rings is 1. The van der Waals surface area contributed by atoms with Gasteiger partial charge in [-0.1, -0.05) is 35.5 Å². The van der Waals surface area contributed by atoms with Gasteiger partial charge in [-0.3, -0.25) is 0 Å². The van der Waals surface area contributed by atoms with Gasteiger partial charge in [0, 0.05) is 5.56 Å². The first-order chi connectivity index (χ1) is 7.79. The topological polar surface area (TPSA) is 50.9 Å². The highest BCUT2D eigenvalue weighted by Crippen LogP contribution is 2.14. The molecule has 4 nitrogen and oxygen atoms in total. The number of aliphatic hydroxyl groups is 1. The third-order valence-electron chi connectivity index (χ3n) is 2.18. The quantitative estimate of drug-likeness (QED) is 0.821. The molecule has 2 rings (SSSR count). The SMILES string of the molecule is O[C@H](CCl)Cn1cc(-c2ccccc2)nn1. The van der Waals surface area contributed by atoms with Crippen LogP contribution in [0.4, 0.5) is 0 Å². The molecule has 84 valence electrons. The van der Waals surface area contributed by atoms with E-state index in [-0.39, 0.29) is 5.88 Å². The van der Waals surface area contributed by atoms with Crippen molar-refractivity contribution in [2.45, 2.75) is 12.6 Å². The van der Waals surface area contributed by atoms with Crippen molar-refractivity contribution in [3.8, 4) is 11.3 Å². The number of aromatic nitrogens is 3. The van der Waals surface area contributed by atoms with Crippen LogP contribution in [-0.4, -0.2) is 32.1 Å². The van der Waals surface area contributed by atoms with E-state index in [4.69, 9.17) is 11.6 Å². The predicted molar refractivity (Wildman–Crippen MR) is 62.2 cm³/mol. The van der Waals surface area contributed by atoms with Crippen LogP contribution in [0.3, 0.4) is 0 Å². The summed E-state index contributed by atoms with van der Waals surface area (Å²) >= 11 is 5.51. The predicted octanol–water partition coefficient (Wildman–Crippen LogP) is 1.54. The number of halogens is 1. The zero-order chi connectivity index (χ0) is 11.4. The molecule has 0 aliphatic carbocycles. The number of hydrogen-bond donors (Lipinski definition) is 1. The van der Waals surface area contributed by atoms with E-state index < -0.39 is 6.10 Å². The largest absolute Gasteiger partial charge is 0.390 e. The van der Waals surface area contributed by atoms with E-state index in [1.165, 1.54) is 0 Å². The molecule has 0 aliphatic rings. The Kier molecular flexibility index (Phi) is 3.54. The zero-order valence-corrected chi connectivity index (χ0v) is 9.38. The standard InChI is InChI=1S/C11H12ClN3O/c12-6-10(16)7-15-8-11(13-14-15)9-4-2-1-3-5-9/h1-5,8,10,16H,6-7H2/t10-/m1/s1. The Morgan fingerprint density at radius 2 is 2.06 bits per heavy atom. The molecule has 0 saturated heterocycles. The minimum atomic E-state index is -0.591. The summed E-state index contributed by atoms with van der Waals surface area (Å²) in [5.41, 5.74) is 1.80. The minimum absolute atomic E-state index is 0.195. The number of nitrogens with zero attached hydrogens (tertiary/aromatic N) is 3. The average Bonchev–Trinajstić information content (AvgIpc) is 2.78. The second kappa shape index (κ2) is 5.09. The van der Waals surface area contributed by atoms with Crippen LogP contribution < -0.4 is 0 Å². The monoisotopic (exact) mass is 237 g/mol. The van der Waals surface area contributed by atoms with Crippen molar-refractivity contribution in [1.82, 2.24) is 15.0 Å². The van der Waals surface area contributed by atoms with Gasteiger partial charge in [0.05, 0.1) is 24.7 Å². The molecule has 1 aromatic carbocycles. The third-order valence-corrected chi connectivity index (χ3v) is 2.54. The van der Waals surface area contributed by atoms with Crippen LogP contribution in [-0.2, 0) is 6.54 Å². The number of rotatable bonds is 4. The van der Waals surface area contributed by atoms with E-state index in [0.29, 0.717) is 6.54 Å². The fourth-order valence-corrected chi connectivity index (χ4v) is 1.49. The molecule has 1 N–H and O–H groups in total. The smallest absolute Gasteiger partial charge is 0.113 e. The van der Waals surface area contributed by atoms with Gasteiger partial charge in [0.25, 0.3) is 0 Å². The lowest BCUT2D eigenvalue weighted by Crippen LogP contribution is -2.17. The van der Waals surface area contributed by atoms with Crippen molar-refractivity contribution in [3.63, 3.8) is 0 Å². The lowest BCUT2D eigenvalue weighted by atomic mass is 10.2. The van der Waals surface area contributed by atoms with Crippen molar-refractivity contribution >= 4 is 11.6 Å². The molecule has 0 radical (unpaired) electrons. The van der Waals surface area contributed by atoms with Crippen molar-refractivity contribution in [2.24, 2.45) is 0 Å². The molecular weight excluding hydrogens is 226 g/mol. The molecule has 5 heteroatoms. The van der Waals surface area contributed by atoms with Gasteiger partial charge < -0.3 is 5.11 Å². The maximum Gasteiger partial charge on any atom is 0.113 e. The lowest BCUT2D eigenvalue weighted by molar-refractivity contribution is 0.170. The highest BCUT2D eigenvalue weighted by molar-refractivity contribution is 6.18. The summed E-state index contributed by atoms with van der Waals surface area (Å²) in [7, 11) is 0. The summed E-state index contributed by atoms with van der Waals surface area (Å²) in [6.45, 7) is 0.364. The molecule has 1 atom stereocenters. The van der Waals surface area contributed by atoms with E-state index in [0.717, 1.165) is 11.3 Å². The van der Waals surface area contributed by atoms with Gasteiger partial charge in [0.15, 0.2) is 0 Å². The van der Waals surface area contributed by atoms with Crippen LogP contribution >= 0.6 is 11.6 Å². The molecule has 0 bridgehead atoms. The zero-order valence-electron chi connectivity index (χ0n) is 8.62. The van der Waals surface area contributed by atoms with Crippen LogP contribution in [0.2, 0.25) is 0 Å². The first kappa shape index (κ1) is 11.1. The summed E-state index contributed by atoms with van der Waals surface area (Å²) in [6, 6.07) is 9.77. The summed E-state index contributed by atoms with van der Waals surface area (Å²) in [5, 5.41) is 17.3. The molecule has 0 unspecified atom stereocenters. The van der Waals surface area contributed by atoms with Crippen LogP contribution in [0.15, 0.2) is 36.5 Å². The van der Waals surface area contributed by atoms with E-state index in [2.05, 4.69) is 10.3 Å². The summed E-state index contributed by atoms with van der Waals surface area (Å²) in [6.07, 6.45) is 1.21. The van der Waals surface area contributed by atoms with Crippen molar-refractivity contribution in [2.75, 3.05) is 5.88 Å². The minimum Gasteiger partial charge on any atom is -0.390 e. The van der Waals surface area contributed by atoms with E-state index in [9.17, 15) is 5.11 Å². The Labute approximate surface area is 98.5 Å². The molecule has 16 heavy (non-hydrogen) atoms. The Balaban J connectivity index is 2.14. The van der Waals surface area contributed by atoms with Gasteiger partial charge in [-0.2, -0.15) is 0 Å². The average molecular weight is 238 g/mol. The molecule has 0 saturated carbocycles. The van der Waals surface area contributed by atoms with Crippen LogP contribution in [0, 0.1) is 0 Å². The second-order valence-electron chi connectivity index (χ2n) is 3.50. The molecule has 0 amide bonds. The van der Waals surface area contributed by atoms with Gasteiger partial charge in [0.1, 0.15) is 5.69 Å². The van der Waals surface area contributed by atoms with Gasteiger partial charge in [0.2, 0.25) is 0 Å². The Morgan fingerprint density at radius 1 is 1.31 bits per heavy atom. The third kappa shape index (κ3) is 2.59. The van der Waals surface area contributed by atoms with Crippen LogP contribution in [0.1, 0.15) is 0 Å². The fourth-order valence-electron chi connectivity index (χ4n) is 1.39. The van der Waals surface area contributed by atoms with Gasteiger partial charge in [-0.25, -0.2) is 4.68 Å². The maximum atomic E-state index is 9.37. The Morgan fingerprint density at radius 3 is 2.75 bits per heavy atom. The van der Waals surface area contributed by atoms with Gasteiger partial charge in [-0.05, 0) is 0 Å². The summed E-state index contributed by atoms with van der Waals surface area (Å²) in [5.74, 6) is 0.195. The highest BCUT2D eigenvalue weighted by atomic mass is 35.5. The van der Waals surface area contributed by atoms with Crippen LogP contribution in [0.25, 0.3) is 11.3 Å². The Hall–Kier alpha value is -1.39. The van der Waals surface area contributed by atoms with Crippen LogP contribution in [0.5, 0.6) is 0 Å². The number of hydrogen-bond acceptors (Lipinski definition) is 3. The number of alkyl halides is 1. The van der Waals surface area contributed by atoms with E-state index >= 15 is 0 Å². The highest BCUT2D eigenvalue weighted by Gasteiger charge is 2.07. The summed E-state index contributed by atoms with van der Waals surface area (Å²) < 4.78 is 1.59. The Bertz CT molecular complexity index is 444. The molecular formula is C11H12ClN3O. The maximum absolute atomic E-state index is 9.37. The first-order valence-electron chi connectivity index (χ1n) is 4.99. The van der Waals surface area contributed by atoms with E-state index in [1.807, 2.05) is 30.3 Å². The van der Waals surface area contributed by atoms with Crippen molar-refractivity contribution in [3.05, 3.63) is 36.5 Å². The fraction of sp³-hybridized carbons (Fsp3) is 0.273. The van der Waals surface area contributed by atoms with Crippen molar-refractivity contribution in [1.29, 1.82) is 0 Å². The molecule has 1 aromatic heterocycles. The van der Waals surface area contributed by atoms with Gasteiger partial charge in [-0.15, -0.1) is 16.7 Å². The first-order valence-corrected chi connectivity index (χ1v) is 5.52. The molecule has 0 fully saturated rings. The molecule has 0 aliphatic heterocycles. The molecule has 2 aromatic rings. The lowest BCUT2D eigenvalue weighted by Gasteiger charge is -2.04. The summed E-state index contributed by atoms with van der Waals surface area (Å²) in [4.78, 5) is 0. The molecule has 0 spiro atoms. The second-order valence-corrected chi connectivity index (χ2v) is 3.81. The van der Waals surface area contributed by atoms with Gasteiger partial charge >= 0.3 is 0 Å².